The molecule has 0 radical (unpaired) electrons. The van der Waals surface area contributed by atoms with Gasteiger partial charge in [-0.2, -0.15) is 17.0 Å². The van der Waals surface area contributed by atoms with Crippen LogP contribution in [-0.4, -0.2) is 71.7 Å². The predicted octanol–water partition coefficient (Wildman–Crippen LogP) is 1.20. The topological polar surface area (TPSA) is 60.9 Å². The highest BCUT2D eigenvalue weighted by atomic mass is 32.2. The second kappa shape index (κ2) is 6.67. The van der Waals surface area contributed by atoms with Crippen LogP contribution in [0.4, 0.5) is 0 Å². The molecule has 2 fully saturated rings. The van der Waals surface area contributed by atoms with Gasteiger partial charge in [0.1, 0.15) is 6.04 Å². The summed E-state index contributed by atoms with van der Waals surface area (Å²) in [5.41, 5.74) is 0. The van der Waals surface area contributed by atoms with Gasteiger partial charge in [-0.3, -0.25) is 4.79 Å². The van der Waals surface area contributed by atoms with Crippen LogP contribution in [0.15, 0.2) is 0 Å². The van der Waals surface area contributed by atoms with Crippen LogP contribution in [0.3, 0.4) is 0 Å². The molecule has 2 aliphatic rings. The molecule has 22 heavy (non-hydrogen) atoms. The molecular formula is C14H27N3O3S2. The van der Waals surface area contributed by atoms with Gasteiger partial charge in [0, 0.05) is 31.9 Å². The summed E-state index contributed by atoms with van der Waals surface area (Å²) < 4.78 is 28.6. The van der Waals surface area contributed by atoms with E-state index in [0.717, 1.165) is 12.8 Å². The molecule has 0 unspecified atom stereocenters. The van der Waals surface area contributed by atoms with Gasteiger partial charge in [-0.1, -0.05) is 0 Å². The van der Waals surface area contributed by atoms with E-state index in [1.807, 2.05) is 20.8 Å². The van der Waals surface area contributed by atoms with Crippen molar-refractivity contribution >= 4 is 27.9 Å². The highest BCUT2D eigenvalue weighted by Gasteiger charge is 2.45. The first kappa shape index (κ1) is 18.0. The summed E-state index contributed by atoms with van der Waals surface area (Å²) in [5, 5.41) is 0. The van der Waals surface area contributed by atoms with Crippen molar-refractivity contribution in [1.29, 1.82) is 0 Å². The third kappa shape index (κ3) is 3.44. The summed E-state index contributed by atoms with van der Waals surface area (Å²) in [5.74, 6) is 1.23. The molecule has 128 valence electrons. The van der Waals surface area contributed by atoms with Gasteiger partial charge in [-0.05, 0) is 39.5 Å². The summed E-state index contributed by atoms with van der Waals surface area (Å²) in [7, 11) is -0.231. The van der Waals surface area contributed by atoms with E-state index >= 15 is 0 Å². The lowest BCUT2D eigenvalue weighted by Crippen LogP contribution is -2.54. The van der Waals surface area contributed by atoms with Crippen LogP contribution in [0.2, 0.25) is 0 Å². The molecule has 2 rings (SSSR count). The first-order valence-corrected chi connectivity index (χ1v) is 10.3. The zero-order valence-corrected chi connectivity index (χ0v) is 15.7. The summed E-state index contributed by atoms with van der Waals surface area (Å²) in [6, 6.07) is -0.531. The molecule has 0 spiro atoms. The Morgan fingerprint density at radius 3 is 2.32 bits per heavy atom. The van der Waals surface area contributed by atoms with Crippen molar-refractivity contribution in [3.05, 3.63) is 0 Å². The zero-order valence-electron chi connectivity index (χ0n) is 14.0. The predicted molar refractivity (Wildman–Crippen MR) is 89.7 cm³/mol. The van der Waals surface area contributed by atoms with Gasteiger partial charge in [0.25, 0.3) is 10.2 Å². The van der Waals surface area contributed by atoms with Crippen LogP contribution in [0.5, 0.6) is 0 Å². The Bertz CT molecular complexity index is 519. The standard InChI is InChI=1S/C14H27N3O3S2/c1-10(2)15(4)14(18)13-8-21-9-17(13)22(19,20)16(5)11(3)12-6-7-12/h10-13H,6-9H2,1-5H3/t11-,13-/m0/s1. The van der Waals surface area contributed by atoms with E-state index in [-0.39, 0.29) is 18.0 Å². The van der Waals surface area contributed by atoms with Crippen molar-refractivity contribution < 1.29 is 13.2 Å². The number of likely N-dealkylation sites (N-methyl/N-ethyl adjacent to an activating group) is 1. The van der Waals surface area contributed by atoms with E-state index in [4.69, 9.17) is 0 Å². The van der Waals surface area contributed by atoms with Crippen LogP contribution < -0.4 is 0 Å². The fourth-order valence-corrected chi connectivity index (χ4v) is 5.86. The molecule has 1 saturated carbocycles. The monoisotopic (exact) mass is 349 g/mol. The number of hydrogen-bond acceptors (Lipinski definition) is 4. The Labute approximate surface area is 138 Å². The third-order valence-corrected chi connectivity index (χ3v) is 8.00. The van der Waals surface area contributed by atoms with Gasteiger partial charge in [0.15, 0.2) is 0 Å². The van der Waals surface area contributed by atoms with E-state index in [1.165, 1.54) is 20.4 Å². The maximum atomic E-state index is 12.9. The van der Waals surface area contributed by atoms with Crippen LogP contribution in [0.25, 0.3) is 0 Å². The van der Waals surface area contributed by atoms with Crippen molar-refractivity contribution in [2.24, 2.45) is 5.92 Å². The van der Waals surface area contributed by atoms with Crippen molar-refractivity contribution in [1.82, 2.24) is 13.5 Å². The molecule has 0 aromatic carbocycles. The minimum atomic E-state index is -3.60. The van der Waals surface area contributed by atoms with Crippen molar-refractivity contribution in [2.75, 3.05) is 25.7 Å². The van der Waals surface area contributed by atoms with E-state index in [1.54, 1.807) is 19.0 Å². The number of rotatable bonds is 6. The number of carbonyl (C=O) groups excluding carboxylic acids is 1. The second-order valence-corrected chi connectivity index (χ2v) is 9.49. The quantitative estimate of drug-likeness (QED) is 0.723. The SMILES string of the molecule is CC(C)N(C)C(=O)[C@@H]1CSCN1S(=O)(=O)N(C)[C@@H](C)C1CC1. The molecule has 1 saturated heterocycles. The maximum absolute atomic E-state index is 12.9. The number of nitrogens with zero attached hydrogens (tertiary/aromatic N) is 3. The Morgan fingerprint density at radius 2 is 1.82 bits per heavy atom. The average Bonchev–Trinajstić information content (AvgIpc) is 3.19. The average molecular weight is 350 g/mol. The Kier molecular flexibility index (Phi) is 5.46. The second-order valence-electron chi connectivity index (χ2n) is 6.55. The molecule has 1 aliphatic heterocycles. The van der Waals surface area contributed by atoms with Crippen molar-refractivity contribution in [3.63, 3.8) is 0 Å². The molecule has 8 heteroatoms. The molecule has 0 aromatic rings. The van der Waals surface area contributed by atoms with Crippen molar-refractivity contribution in [3.8, 4) is 0 Å². The maximum Gasteiger partial charge on any atom is 0.283 e. The van der Waals surface area contributed by atoms with Crippen LogP contribution in [0.1, 0.15) is 33.6 Å². The van der Waals surface area contributed by atoms with Gasteiger partial charge >= 0.3 is 0 Å². The van der Waals surface area contributed by atoms with Gasteiger partial charge in [-0.25, -0.2) is 0 Å². The summed E-state index contributed by atoms with van der Waals surface area (Å²) in [6.07, 6.45) is 2.18. The highest BCUT2D eigenvalue weighted by molar-refractivity contribution is 8.00. The molecule has 1 heterocycles. The van der Waals surface area contributed by atoms with Gasteiger partial charge in [0.05, 0.1) is 5.88 Å². The molecule has 6 nitrogen and oxygen atoms in total. The van der Waals surface area contributed by atoms with Gasteiger partial charge < -0.3 is 4.90 Å². The molecular weight excluding hydrogens is 322 g/mol. The number of hydrogen-bond donors (Lipinski definition) is 0. The highest BCUT2D eigenvalue weighted by Crippen LogP contribution is 2.37. The molecule has 0 aromatic heterocycles. The lowest BCUT2D eigenvalue weighted by atomic mass is 10.2. The first-order valence-electron chi connectivity index (χ1n) is 7.77. The Morgan fingerprint density at radius 1 is 1.23 bits per heavy atom. The van der Waals surface area contributed by atoms with E-state index in [9.17, 15) is 13.2 Å². The summed E-state index contributed by atoms with van der Waals surface area (Å²) >= 11 is 1.50. The number of carbonyl (C=O) groups is 1. The van der Waals surface area contributed by atoms with E-state index < -0.39 is 16.3 Å². The molecule has 2 atom stereocenters. The normalized spacial score (nSPS) is 25.0. The smallest absolute Gasteiger partial charge is 0.283 e. The molecule has 0 bridgehead atoms. The molecule has 1 amide bonds. The van der Waals surface area contributed by atoms with Gasteiger partial charge in [0.2, 0.25) is 5.91 Å². The first-order chi connectivity index (χ1) is 10.2. The Hall–Kier alpha value is -0.310. The number of amides is 1. The lowest BCUT2D eigenvalue weighted by Gasteiger charge is -2.33. The van der Waals surface area contributed by atoms with Gasteiger partial charge in [-0.15, -0.1) is 11.8 Å². The summed E-state index contributed by atoms with van der Waals surface area (Å²) in [6.45, 7) is 5.82. The minimum absolute atomic E-state index is 0.00539. The van der Waals surface area contributed by atoms with Crippen molar-refractivity contribution in [2.45, 2.75) is 51.7 Å². The van der Waals surface area contributed by atoms with Crippen LogP contribution >= 0.6 is 11.8 Å². The van der Waals surface area contributed by atoms with E-state index in [2.05, 4.69) is 0 Å². The summed E-state index contributed by atoms with van der Waals surface area (Å²) in [4.78, 5) is 14.2. The van der Waals surface area contributed by atoms with Crippen LogP contribution in [-0.2, 0) is 15.0 Å². The fraction of sp³-hybridized carbons (Fsp3) is 0.929. The third-order valence-electron chi connectivity index (χ3n) is 4.79. The zero-order chi connectivity index (χ0) is 16.7. The van der Waals surface area contributed by atoms with E-state index in [0.29, 0.717) is 17.5 Å². The number of thioether (sulfide) groups is 1. The molecule has 0 N–H and O–H groups in total. The van der Waals surface area contributed by atoms with Crippen LogP contribution in [0, 0.1) is 5.92 Å². The largest absolute Gasteiger partial charge is 0.342 e. The minimum Gasteiger partial charge on any atom is -0.342 e. The molecule has 1 aliphatic carbocycles. The lowest BCUT2D eigenvalue weighted by molar-refractivity contribution is -0.134. The Balaban J connectivity index is 2.16. The fourth-order valence-electron chi connectivity index (χ4n) is 2.59.